The van der Waals surface area contributed by atoms with Crippen LogP contribution >= 0.6 is 0 Å². The van der Waals surface area contributed by atoms with E-state index in [2.05, 4.69) is 0 Å². The van der Waals surface area contributed by atoms with Gasteiger partial charge in [-0.1, -0.05) is 0 Å². The Hall–Kier alpha value is -1.73. The summed E-state index contributed by atoms with van der Waals surface area (Å²) in [5, 5.41) is 0. The van der Waals surface area contributed by atoms with Gasteiger partial charge < -0.3 is 19.3 Å². The van der Waals surface area contributed by atoms with E-state index in [0.717, 1.165) is 25.2 Å². The highest BCUT2D eigenvalue weighted by atomic mass is 19.1. The molecule has 0 spiro atoms. The van der Waals surface area contributed by atoms with Gasteiger partial charge in [0.05, 0.1) is 18.9 Å². The van der Waals surface area contributed by atoms with E-state index in [9.17, 15) is 13.6 Å². The number of carbonyl (C=O) groups is 1. The third kappa shape index (κ3) is 4.21. The van der Waals surface area contributed by atoms with Crippen molar-refractivity contribution < 1.29 is 23.0 Å². The van der Waals surface area contributed by atoms with E-state index in [1.165, 1.54) is 6.07 Å². The highest BCUT2D eigenvalue weighted by Crippen LogP contribution is 2.22. The molecule has 2 fully saturated rings. The van der Waals surface area contributed by atoms with Crippen molar-refractivity contribution in [2.75, 3.05) is 57.5 Å². The van der Waals surface area contributed by atoms with Gasteiger partial charge >= 0.3 is 0 Å². The lowest BCUT2D eigenvalue weighted by Gasteiger charge is -2.36. The lowest BCUT2D eigenvalue weighted by atomic mass is 10.1. The molecule has 7 heteroatoms. The zero-order valence-corrected chi connectivity index (χ0v) is 13.5. The van der Waals surface area contributed by atoms with Crippen LogP contribution in [0.15, 0.2) is 18.2 Å². The molecule has 1 aromatic rings. The summed E-state index contributed by atoms with van der Waals surface area (Å²) in [6.07, 6.45) is 0.978. The Morgan fingerprint density at radius 1 is 1.25 bits per heavy atom. The van der Waals surface area contributed by atoms with Gasteiger partial charge in [0.1, 0.15) is 18.2 Å². The van der Waals surface area contributed by atoms with E-state index < -0.39 is 11.6 Å². The molecule has 1 aromatic carbocycles. The minimum absolute atomic E-state index is 0.0603. The van der Waals surface area contributed by atoms with E-state index in [-0.39, 0.29) is 18.2 Å². The predicted molar refractivity (Wildman–Crippen MR) is 84.9 cm³/mol. The molecule has 1 amide bonds. The number of rotatable bonds is 5. The minimum atomic E-state index is -0.464. The summed E-state index contributed by atoms with van der Waals surface area (Å²) < 4.78 is 37.8. The van der Waals surface area contributed by atoms with E-state index in [4.69, 9.17) is 9.47 Å². The van der Waals surface area contributed by atoms with Gasteiger partial charge in [-0.05, 0) is 18.6 Å². The van der Waals surface area contributed by atoms with Crippen LogP contribution in [0.25, 0.3) is 0 Å². The third-order valence-electron chi connectivity index (χ3n) is 4.48. The van der Waals surface area contributed by atoms with Gasteiger partial charge in [0, 0.05) is 44.8 Å². The van der Waals surface area contributed by atoms with Gasteiger partial charge in [0.2, 0.25) is 5.91 Å². The first-order chi connectivity index (χ1) is 11.6. The largest absolute Gasteiger partial charge is 0.381 e. The molecule has 3 rings (SSSR count). The van der Waals surface area contributed by atoms with Crippen molar-refractivity contribution in [1.82, 2.24) is 4.90 Å². The lowest BCUT2D eigenvalue weighted by molar-refractivity contribution is -0.136. The summed E-state index contributed by atoms with van der Waals surface area (Å²) in [5.41, 5.74) is 0.250. The summed E-state index contributed by atoms with van der Waals surface area (Å²) >= 11 is 0. The van der Waals surface area contributed by atoms with Gasteiger partial charge in [-0.15, -0.1) is 0 Å². The molecule has 0 aromatic heterocycles. The van der Waals surface area contributed by atoms with E-state index >= 15 is 0 Å². The van der Waals surface area contributed by atoms with Crippen LogP contribution in [0.2, 0.25) is 0 Å². The monoisotopic (exact) mass is 340 g/mol. The fraction of sp³-hybridized carbons (Fsp3) is 0.588. The van der Waals surface area contributed by atoms with Gasteiger partial charge in [-0.25, -0.2) is 8.78 Å². The fourth-order valence-corrected chi connectivity index (χ4v) is 3.04. The molecular formula is C17H22F2N2O3. The second-order valence-corrected chi connectivity index (χ2v) is 6.21. The lowest BCUT2D eigenvalue weighted by Crippen LogP contribution is -2.50. The first-order valence-corrected chi connectivity index (χ1v) is 8.27. The van der Waals surface area contributed by atoms with Crippen LogP contribution in [0.5, 0.6) is 0 Å². The smallest absolute Gasteiger partial charge is 0.248 e. The molecule has 0 aliphatic carbocycles. The quantitative estimate of drug-likeness (QED) is 0.818. The molecule has 0 saturated carbocycles. The zero-order chi connectivity index (χ0) is 16.9. The summed E-state index contributed by atoms with van der Waals surface area (Å²) in [6, 6.07) is 3.42. The Bertz CT molecular complexity index is 571. The third-order valence-corrected chi connectivity index (χ3v) is 4.48. The number of hydrogen-bond donors (Lipinski definition) is 0. The van der Waals surface area contributed by atoms with Crippen molar-refractivity contribution >= 4 is 11.6 Å². The normalized spacial score (nSPS) is 21.3. The Morgan fingerprint density at radius 2 is 2.04 bits per heavy atom. The van der Waals surface area contributed by atoms with Gasteiger partial charge in [0.25, 0.3) is 0 Å². The van der Waals surface area contributed by atoms with Crippen LogP contribution in [0.3, 0.4) is 0 Å². The SMILES string of the molecule is O=C(COCC1CCOC1)N1CCN(c2cc(F)ccc2F)CC1. The van der Waals surface area contributed by atoms with Crippen LogP contribution in [0.1, 0.15) is 6.42 Å². The average molecular weight is 340 g/mol. The highest BCUT2D eigenvalue weighted by Gasteiger charge is 2.23. The van der Waals surface area contributed by atoms with Crippen LogP contribution in [0.4, 0.5) is 14.5 Å². The number of benzene rings is 1. The van der Waals surface area contributed by atoms with Gasteiger partial charge in [-0.2, -0.15) is 0 Å². The predicted octanol–water partition coefficient (Wildman–Crippen LogP) is 1.67. The number of ether oxygens (including phenoxy) is 2. The van der Waals surface area contributed by atoms with Crippen LogP contribution in [-0.2, 0) is 14.3 Å². The molecule has 24 heavy (non-hydrogen) atoms. The van der Waals surface area contributed by atoms with Crippen molar-refractivity contribution in [3.63, 3.8) is 0 Å². The standard InChI is InChI=1S/C17H22F2N2O3/c18-14-1-2-15(19)16(9-14)20-4-6-21(7-5-20)17(22)12-24-11-13-3-8-23-10-13/h1-2,9,13H,3-8,10-12H2. The summed E-state index contributed by atoms with van der Waals surface area (Å²) in [4.78, 5) is 15.6. The molecule has 0 radical (unpaired) electrons. The maximum Gasteiger partial charge on any atom is 0.248 e. The number of piperazine rings is 1. The molecule has 1 unspecified atom stereocenters. The fourth-order valence-electron chi connectivity index (χ4n) is 3.04. The number of hydrogen-bond acceptors (Lipinski definition) is 4. The molecule has 2 heterocycles. The first kappa shape index (κ1) is 17.1. The van der Waals surface area contributed by atoms with Crippen molar-refractivity contribution in [2.45, 2.75) is 6.42 Å². The second kappa shape index (κ2) is 7.90. The number of amides is 1. The maximum atomic E-state index is 13.8. The minimum Gasteiger partial charge on any atom is -0.381 e. The van der Waals surface area contributed by atoms with Crippen molar-refractivity contribution in [1.29, 1.82) is 0 Å². The Labute approximate surface area is 140 Å². The topological polar surface area (TPSA) is 42.0 Å². The van der Waals surface area contributed by atoms with E-state index in [1.807, 2.05) is 0 Å². The first-order valence-electron chi connectivity index (χ1n) is 8.27. The van der Waals surface area contributed by atoms with Crippen LogP contribution in [-0.4, -0.2) is 63.4 Å². The maximum absolute atomic E-state index is 13.8. The molecule has 1 atom stereocenters. The molecule has 0 bridgehead atoms. The van der Waals surface area contributed by atoms with Crippen molar-refractivity contribution in [3.8, 4) is 0 Å². The summed E-state index contributed by atoms with van der Waals surface area (Å²) in [7, 11) is 0. The summed E-state index contributed by atoms with van der Waals surface area (Å²) in [5.74, 6) is -0.591. The zero-order valence-electron chi connectivity index (χ0n) is 13.5. The summed E-state index contributed by atoms with van der Waals surface area (Å²) in [6.45, 7) is 3.97. The van der Waals surface area contributed by atoms with Crippen molar-refractivity contribution in [2.24, 2.45) is 5.92 Å². The average Bonchev–Trinajstić information content (AvgIpc) is 3.10. The molecule has 2 aliphatic heterocycles. The number of halogens is 2. The van der Waals surface area contributed by atoms with Gasteiger partial charge in [-0.3, -0.25) is 4.79 Å². The highest BCUT2D eigenvalue weighted by molar-refractivity contribution is 5.77. The second-order valence-electron chi connectivity index (χ2n) is 6.21. The molecule has 132 valence electrons. The Balaban J connectivity index is 1.44. The van der Waals surface area contributed by atoms with Crippen LogP contribution < -0.4 is 4.90 Å². The van der Waals surface area contributed by atoms with Gasteiger partial charge in [0.15, 0.2) is 0 Å². The van der Waals surface area contributed by atoms with Crippen LogP contribution in [0, 0.1) is 17.6 Å². The molecule has 0 N–H and O–H groups in total. The number of carbonyl (C=O) groups excluding carboxylic acids is 1. The number of anilines is 1. The Morgan fingerprint density at radius 3 is 2.75 bits per heavy atom. The molecule has 2 aliphatic rings. The van der Waals surface area contributed by atoms with Crippen molar-refractivity contribution in [3.05, 3.63) is 29.8 Å². The van der Waals surface area contributed by atoms with E-state index in [0.29, 0.717) is 45.3 Å². The molecule has 5 nitrogen and oxygen atoms in total. The van der Waals surface area contributed by atoms with E-state index in [1.54, 1.807) is 9.80 Å². The molecular weight excluding hydrogens is 318 g/mol. The molecule has 2 saturated heterocycles. The number of nitrogens with zero attached hydrogens (tertiary/aromatic N) is 2. The Kier molecular flexibility index (Phi) is 5.63.